The Hall–Kier alpha value is -3.87. The van der Waals surface area contributed by atoms with E-state index in [2.05, 4.69) is 4.57 Å². The smallest absolute Gasteiger partial charge is 0.227 e. The number of imidazole rings is 1. The van der Waals surface area contributed by atoms with Crippen molar-refractivity contribution in [2.75, 3.05) is 4.90 Å². The van der Waals surface area contributed by atoms with Gasteiger partial charge in [-0.05, 0) is 61.6 Å². The van der Waals surface area contributed by atoms with Crippen LogP contribution < -0.4 is 4.90 Å². The van der Waals surface area contributed by atoms with E-state index in [1.165, 1.54) is 6.07 Å². The van der Waals surface area contributed by atoms with Crippen molar-refractivity contribution in [2.24, 2.45) is 0 Å². The lowest BCUT2D eigenvalue weighted by Gasteiger charge is -2.35. The molecule has 0 radical (unpaired) electrons. The van der Waals surface area contributed by atoms with Gasteiger partial charge in [0.1, 0.15) is 11.6 Å². The van der Waals surface area contributed by atoms with E-state index in [9.17, 15) is 18.4 Å². The summed E-state index contributed by atoms with van der Waals surface area (Å²) in [6, 6.07) is 19.1. The minimum atomic E-state index is -0.980. The number of Topliss-reactive ketones (excluding diaryl/α,β-unsaturated/α-hetero) is 1. The largest absolute Gasteiger partial charge is 0.326 e. The molecule has 184 valence electrons. The van der Waals surface area contributed by atoms with Crippen molar-refractivity contribution in [2.45, 2.75) is 51.6 Å². The van der Waals surface area contributed by atoms with Gasteiger partial charge < -0.3 is 9.47 Å². The number of anilines is 1. The van der Waals surface area contributed by atoms with Gasteiger partial charge in [0.15, 0.2) is 11.6 Å². The summed E-state index contributed by atoms with van der Waals surface area (Å²) in [5, 5.41) is 0. The van der Waals surface area contributed by atoms with E-state index in [0.717, 1.165) is 46.5 Å². The van der Waals surface area contributed by atoms with Crippen molar-refractivity contribution in [1.29, 1.82) is 0 Å². The molecule has 4 aromatic rings. The third-order valence-corrected chi connectivity index (χ3v) is 6.71. The summed E-state index contributed by atoms with van der Waals surface area (Å²) < 4.78 is 29.8. The average Bonchev–Trinajstić information content (AvgIpc) is 3.23. The number of carbonyl (C=O) groups is 2. The highest BCUT2D eigenvalue weighted by atomic mass is 19.2. The molecule has 1 saturated heterocycles. The number of nitrogens with zero attached hydrogens (tertiary/aromatic N) is 3. The molecule has 0 N–H and O–H groups in total. The first kappa shape index (κ1) is 23.9. The first-order chi connectivity index (χ1) is 17.4. The number of halogens is 2. The lowest BCUT2D eigenvalue weighted by Crippen LogP contribution is -2.39. The number of fused-ring (bicyclic) bond motifs is 1. The molecule has 1 fully saturated rings. The van der Waals surface area contributed by atoms with E-state index < -0.39 is 11.6 Å². The number of ketones is 1. The Bertz CT molecular complexity index is 1430. The number of hydrogen-bond acceptors (Lipinski definition) is 3. The van der Waals surface area contributed by atoms with Gasteiger partial charge in [0, 0.05) is 31.1 Å². The van der Waals surface area contributed by atoms with Gasteiger partial charge in [-0.1, -0.05) is 36.4 Å². The lowest BCUT2D eigenvalue weighted by atomic mass is 9.99. The summed E-state index contributed by atoms with van der Waals surface area (Å²) in [5.74, 6) is -1.18. The predicted molar refractivity (Wildman–Crippen MR) is 135 cm³/mol. The van der Waals surface area contributed by atoms with Crippen LogP contribution in [0, 0.1) is 11.6 Å². The maximum atomic E-state index is 14.1. The van der Waals surface area contributed by atoms with Gasteiger partial charge in [-0.2, -0.15) is 0 Å². The molecule has 0 bridgehead atoms. The van der Waals surface area contributed by atoms with Crippen LogP contribution in [0.2, 0.25) is 0 Å². The van der Waals surface area contributed by atoms with Crippen LogP contribution in [0.1, 0.15) is 49.2 Å². The highest BCUT2D eigenvalue weighted by molar-refractivity contribution is 5.95. The Kier molecular flexibility index (Phi) is 6.63. The zero-order valence-corrected chi connectivity index (χ0v) is 20.1. The van der Waals surface area contributed by atoms with Crippen LogP contribution in [0.25, 0.3) is 11.0 Å². The third kappa shape index (κ3) is 4.78. The molecule has 36 heavy (non-hydrogen) atoms. The lowest BCUT2D eigenvalue weighted by molar-refractivity contribution is -0.120. The normalized spacial score (nSPS) is 16.0. The molecule has 5 rings (SSSR count). The summed E-state index contributed by atoms with van der Waals surface area (Å²) in [5.41, 5.74) is 4.24. The number of para-hydroxylation sites is 2. The maximum Gasteiger partial charge on any atom is 0.227 e. The number of benzene rings is 3. The number of amides is 1. The van der Waals surface area contributed by atoms with Crippen LogP contribution in [0.3, 0.4) is 0 Å². The molecule has 3 aromatic carbocycles. The molecule has 0 spiro atoms. The molecule has 2 heterocycles. The minimum absolute atomic E-state index is 0.128. The first-order valence-corrected chi connectivity index (χ1v) is 12.2. The SMILES string of the molecule is CC(=O)Cc1ccc(CCn2c(C3CCCC(=O)N3c3ccc(F)c(F)c3)nc3ccccc32)cc1. The second-order valence-corrected chi connectivity index (χ2v) is 9.33. The summed E-state index contributed by atoms with van der Waals surface area (Å²) in [6.07, 6.45) is 2.88. The van der Waals surface area contributed by atoms with E-state index in [1.54, 1.807) is 11.8 Å². The van der Waals surface area contributed by atoms with Crippen molar-refractivity contribution in [1.82, 2.24) is 9.55 Å². The van der Waals surface area contributed by atoms with E-state index >= 15 is 0 Å². The average molecular weight is 488 g/mol. The zero-order chi connectivity index (χ0) is 25.2. The summed E-state index contributed by atoms with van der Waals surface area (Å²) in [4.78, 5) is 30.9. The Morgan fingerprint density at radius 2 is 1.75 bits per heavy atom. The van der Waals surface area contributed by atoms with Gasteiger partial charge in [0.2, 0.25) is 5.91 Å². The quantitative estimate of drug-likeness (QED) is 0.324. The second-order valence-electron chi connectivity index (χ2n) is 9.33. The summed E-state index contributed by atoms with van der Waals surface area (Å²) in [7, 11) is 0. The van der Waals surface area contributed by atoms with Crippen LogP contribution in [-0.2, 0) is 29.0 Å². The second kappa shape index (κ2) is 10.0. The number of aromatic nitrogens is 2. The number of carbonyl (C=O) groups excluding carboxylic acids is 2. The Labute approximate surface area is 208 Å². The number of hydrogen-bond donors (Lipinski definition) is 0. The van der Waals surface area contributed by atoms with Crippen LogP contribution in [0.15, 0.2) is 66.7 Å². The third-order valence-electron chi connectivity index (χ3n) is 6.71. The van der Waals surface area contributed by atoms with Crippen LogP contribution in [-0.4, -0.2) is 21.2 Å². The minimum Gasteiger partial charge on any atom is -0.326 e. The fourth-order valence-corrected chi connectivity index (χ4v) is 5.01. The van der Waals surface area contributed by atoms with Crippen LogP contribution >= 0.6 is 0 Å². The van der Waals surface area contributed by atoms with Gasteiger partial charge >= 0.3 is 0 Å². The molecule has 5 nitrogen and oxygen atoms in total. The maximum absolute atomic E-state index is 14.1. The number of piperidine rings is 1. The fourth-order valence-electron chi connectivity index (χ4n) is 5.01. The Balaban J connectivity index is 1.50. The van der Waals surface area contributed by atoms with Crippen LogP contribution in [0.4, 0.5) is 14.5 Å². The zero-order valence-electron chi connectivity index (χ0n) is 20.1. The van der Waals surface area contributed by atoms with Crippen molar-refractivity contribution >= 4 is 28.4 Å². The summed E-state index contributed by atoms with van der Waals surface area (Å²) in [6.45, 7) is 2.22. The monoisotopic (exact) mass is 487 g/mol. The van der Waals surface area contributed by atoms with E-state index in [4.69, 9.17) is 4.98 Å². The molecule has 0 aliphatic carbocycles. The van der Waals surface area contributed by atoms with Gasteiger partial charge in [-0.3, -0.25) is 9.59 Å². The van der Waals surface area contributed by atoms with Crippen molar-refractivity contribution in [3.63, 3.8) is 0 Å². The van der Waals surface area contributed by atoms with E-state index in [-0.39, 0.29) is 17.7 Å². The van der Waals surface area contributed by atoms with E-state index in [0.29, 0.717) is 37.9 Å². The van der Waals surface area contributed by atoms with E-state index in [1.807, 2.05) is 48.5 Å². The van der Waals surface area contributed by atoms with Crippen molar-refractivity contribution in [3.05, 3.63) is 95.3 Å². The predicted octanol–water partition coefficient (Wildman–Crippen LogP) is 5.95. The Morgan fingerprint density at radius 1 is 1.00 bits per heavy atom. The molecule has 1 aliphatic rings. The van der Waals surface area contributed by atoms with Gasteiger partial charge in [0.05, 0.1) is 17.1 Å². The molecule has 7 heteroatoms. The molecule has 1 aromatic heterocycles. The van der Waals surface area contributed by atoms with Crippen molar-refractivity contribution < 1.29 is 18.4 Å². The Morgan fingerprint density at radius 3 is 2.50 bits per heavy atom. The number of rotatable bonds is 7. The standard InChI is InChI=1S/C29H27F2N3O2/c1-19(35)17-21-11-9-20(10-12-21)15-16-33-26-6-3-2-5-25(26)32-29(33)27-7-4-8-28(36)34(27)22-13-14-23(30)24(31)18-22/h2-3,5-6,9-14,18,27H,4,7-8,15-17H2,1H3. The fraction of sp³-hybridized carbons (Fsp3) is 0.276. The van der Waals surface area contributed by atoms with Gasteiger partial charge in [-0.25, -0.2) is 13.8 Å². The number of aryl methyl sites for hydroxylation is 2. The molecule has 0 saturated carbocycles. The molecule has 1 aliphatic heterocycles. The van der Waals surface area contributed by atoms with Crippen molar-refractivity contribution in [3.8, 4) is 0 Å². The molecular formula is C29H27F2N3O2. The topological polar surface area (TPSA) is 55.2 Å². The van der Waals surface area contributed by atoms with Crippen LogP contribution in [0.5, 0.6) is 0 Å². The molecule has 1 unspecified atom stereocenters. The molecule has 1 amide bonds. The molecule has 1 atom stereocenters. The first-order valence-electron chi connectivity index (χ1n) is 12.2. The van der Waals surface area contributed by atoms with Gasteiger partial charge in [-0.15, -0.1) is 0 Å². The molecular weight excluding hydrogens is 460 g/mol. The highest BCUT2D eigenvalue weighted by Crippen LogP contribution is 2.37. The van der Waals surface area contributed by atoms with Gasteiger partial charge in [0.25, 0.3) is 0 Å². The highest BCUT2D eigenvalue weighted by Gasteiger charge is 2.34. The summed E-state index contributed by atoms with van der Waals surface area (Å²) >= 11 is 0.